The first-order valence-electron chi connectivity index (χ1n) is 6.20. The van der Waals surface area contributed by atoms with E-state index in [9.17, 15) is 9.59 Å². The minimum atomic E-state index is -0.641. The average Bonchev–Trinajstić information content (AvgIpc) is 2.96. The Morgan fingerprint density at radius 2 is 2.15 bits per heavy atom. The third-order valence-corrected chi connectivity index (χ3v) is 3.12. The molecule has 2 N–H and O–H groups in total. The summed E-state index contributed by atoms with van der Waals surface area (Å²) in [6, 6.07) is 6.82. The Hall–Kier alpha value is -2.70. The van der Waals surface area contributed by atoms with Crippen molar-refractivity contribution in [2.24, 2.45) is 0 Å². The highest BCUT2D eigenvalue weighted by atomic mass is 16.2. The molecule has 1 aromatic carbocycles. The highest BCUT2D eigenvalue weighted by Crippen LogP contribution is 2.24. The lowest BCUT2D eigenvalue weighted by molar-refractivity contribution is -0.123. The number of aryl methyl sites for hydroxylation is 1. The first-order valence-corrected chi connectivity index (χ1v) is 6.20. The zero-order valence-electron chi connectivity index (χ0n) is 10.8. The van der Waals surface area contributed by atoms with E-state index >= 15 is 0 Å². The molecule has 1 aliphatic heterocycles. The highest BCUT2D eigenvalue weighted by Gasteiger charge is 2.33. The smallest absolute Gasteiger partial charge is 0.252 e. The first kappa shape index (κ1) is 12.3. The molecule has 0 saturated carbocycles. The second-order valence-electron chi connectivity index (χ2n) is 4.65. The van der Waals surface area contributed by atoms with Crippen LogP contribution >= 0.6 is 0 Å². The van der Waals surface area contributed by atoms with Gasteiger partial charge in [-0.3, -0.25) is 14.9 Å². The number of carbonyl (C=O) groups is 2. The summed E-state index contributed by atoms with van der Waals surface area (Å²) < 4.78 is 1.43. The Labute approximate surface area is 115 Å². The number of amides is 2. The molecule has 2 heterocycles. The zero-order chi connectivity index (χ0) is 14.1. The van der Waals surface area contributed by atoms with Crippen molar-refractivity contribution < 1.29 is 9.59 Å². The summed E-state index contributed by atoms with van der Waals surface area (Å²) in [5, 5.41) is 9.28. The van der Waals surface area contributed by atoms with Crippen molar-refractivity contribution in [3.05, 3.63) is 36.2 Å². The molecular weight excluding hydrogens is 258 g/mol. The maximum absolute atomic E-state index is 12.0. The molecule has 20 heavy (non-hydrogen) atoms. The lowest BCUT2D eigenvalue weighted by Gasteiger charge is -2.09. The number of aromatic nitrogens is 3. The largest absolute Gasteiger partial charge is 0.326 e. The van der Waals surface area contributed by atoms with Gasteiger partial charge in [-0.25, -0.2) is 4.68 Å². The minimum absolute atomic E-state index is 0.0239. The molecule has 0 radical (unpaired) electrons. The third-order valence-electron chi connectivity index (χ3n) is 3.12. The van der Waals surface area contributed by atoms with E-state index < -0.39 is 6.04 Å². The van der Waals surface area contributed by atoms with E-state index in [1.165, 1.54) is 11.0 Å². The van der Waals surface area contributed by atoms with E-state index in [1.807, 2.05) is 31.2 Å². The maximum Gasteiger partial charge on any atom is 0.252 e. The number of carbonyl (C=O) groups excluding carboxylic acids is 2. The number of anilines is 2. The van der Waals surface area contributed by atoms with Gasteiger partial charge in [0.2, 0.25) is 11.9 Å². The molecule has 0 aliphatic carbocycles. The standard InChI is InChI=1S/C13H13N5O2/c1-8-2-4-9(5-3-8)16-11(19)6-10-12(20)17-13-14-7-15-18(10)13/h2-5,7,10H,6H2,1H3,(H,16,19)(H,14,15,17,20)/t10-/m0/s1. The molecule has 1 aliphatic rings. The van der Waals surface area contributed by atoms with E-state index in [1.54, 1.807) is 0 Å². The van der Waals surface area contributed by atoms with Crippen molar-refractivity contribution in [3.8, 4) is 0 Å². The van der Waals surface area contributed by atoms with Crippen LogP contribution in [0.25, 0.3) is 0 Å². The van der Waals surface area contributed by atoms with Crippen molar-refractivity contribution in [1.29, 1.82) is 0 Å². The molecular formula is C13H13N5O2. The van der Waals surface area contributed by atoms with Gasteiger partial charge in [0, 0.05) is 5.69 Å². The Morgan fingerprint density at radius 3 is 2.90 bits per heavy atom. The van der Waals surface area contributed by atoms with Crippen LogP contribution in [0, 0.1) is 6.92 Å². The molecule has 1 atom stereocenters. The molecule has 0 fully saturated rings. The summed E-state index contributed by atoms with van der Waals surface area (Å²) in [6.45, 7) is 1.97. The fourth-order valence-electron chi connectivity index (χ4n) is 2.08. The minimum Gasteiger partial charge on any atom is -0.326 e. The van der Waals surface area contributed by atoms with Gasteiger partial charge in [0.1, 0.15) is 12.4 Å². The maximum atomic E-state index is 12.0. The fourth-order valence-corrected chi connectivity index (χ4v) is 2.08. The van der Waals surface area contributed by atoms with Gasteiger partial charge in [-0.2, -0.15) is 10.1 Å². The lowest BCUT2D eigenvalue weighted by atomic mass is 10.2. The normalized spacial score (nSPS) is 16.6. The number of benzene rings is 1. The summed E-state index contributed by atoms with van der Waals surface area (Å²) in [5.41, 5.74) is 1.82. The predicted octanol–water partition coefficient (Wildman–Crippen LogP) is 1.11. The van der Waals surface area contributed by atoms with Crippen LogP contribution in [0.2, 0.25) is 0 Å². The Morgan fingerprint density at radius 1 is 1.40 bits per heavy atom. The second-order valence-corrected chi connectivity index (χ2v) is 4.65. The molecule has 7 heteroatoms. The summed E-state index contributed by atoms with van der Waals surface area (Å²) in [7, 11) is 0. The Balaban J connectivity index is 1.68. The molecule has 0 bridgehead atoms. The van der Waals surface area contributed by atoms with Gasteiger partial charge in [-0.05, 0) is 19.1 Å². The number of hydrogen-bond acceptors (Lipinski definition) is 4. The van der Waals surface area contributed by atoms with Crippen molar-refractivity contribution in [2.75, 3.05) is 10.6 Å². The van der Waals surface area contributed by atoms with Crippen LogP contribution in [0.3, 0.4) is 0 Å². The van der Waals surface area contributed by atoms with Crippen LogP contribution in [0.15, 0.2) is 30.6 Å². The highest BCUT2D eigenvalue weighted by molar-refractivity contribution is 6.00. The van der Waals surface area contributed by atoms with Gasteiger partial charge in [0.05, 0.1) is 6.42 Å². The number of nitrogens with one attached hydrogen (secondary N) is 2. The second kappa shape index (κ2) is 4.76. The van der Waals surface area contributed by atoms with Gasteiger partial charge < -0.3 is 5.32 Å². The van der Waals surface area contributed by atoms with Crippen LogP contribution in [-0.2, 0) is 9.59 Å². The monoisotopic (exact) mass is 271 g/mol. The van der Waals surface area contributed by atoms with Crippen molar-refractivity contribution in [2.45, 2.75) is 19.4 Å². The van der Waals surface area contributed by atoms with E-state index in [4.69, 9.17) is 0 Å². The lowest BCUT2D eigenvalue weighted by Crippen LogP contribution is -2.23. The quantitative estimate of drug-likeness (QED) is 0.875. The van der Waals surface area contributed by atoms with Gasteiger partial charge in [0.15, 0.2) is 0 Å². The Bertz CT molecular complexity index is 662. The SMILES string of the molecule is Cc1ccc(NC(=O)C[C@H]2C(=O)Nc3ncnn32)cc1. The third kappa shape index (κ3) is 2.25. The van der Waals surface area contributed by atoms with Crippen LogP contribution in [0.5, 0.6) is 0 Å². The molecule has 0 unspecified atom stereocenters. The number of nitrogens with zero attached hydrogens (tertiary/aromatic N) is 3. The van der Waals surface area contributed by atoms with E-state index in [0.29, 0.717) is 11.6 Å². The number of fused-ring (bicyclic) bond motifs is 1. The van der Waals surface area contributed by atoms with E-state index in [-0.39, 0.29) is 18.2 Å². The molecule has 3 rings (SSSR count). The molecule has 2 aromatic rings. The van der Waals surface area contributed by atoms with Crippen LogP contribution in [0.1, 0.15) is 18.0 Å². The molecule has 0 spiro atoms. The summed E-state index contributed by atoms with van der Waals surface area (Å²) in [6.07, 6.45) is 1.37. The molecule has 102 valence electrons. The summed E-state index contributed by atoms with van der Waals surface area (Å²) >= 11 is 0. The first-order chi connectivity index (χ1) is 9.63. The Kier molecular flexibility index (Phi) is 2.94. The average molecular weight is 271 g/mol. The van der Waals surface area contributed by atoms with Crippen LogP contribution in [0.4, 0.5) is 11.6 Å². The van der Waals surface area contributed by atoms with Crippen molar-refractivity contribution in [3.63, 3.8) is 0 Å². The molecule has 7 nitrogen and oxygen atoms in total. The van der Waals surface area contributed by atoms with Crippen LogP contribution in [-0.4, -0.2) is 26.6 Å². The van der Waals surface area contributed by atoms with Crippen LogP contribution < -0.4 is 10.6 Å². The van der Waals surface area contributed by atoms with E-state index in [0.717, 1.165) is 5.56 Å². The fraction of sp³-hybridized carbons (Fsp3) is 0.231. The molecule has 1 aromatic heterocycles. The van der Waals surface area contributed by atoms with Gasteiger partial charge >= 0.3 is 0 Å². The van der Waals surface area contributed by atoms with E-state index in [2.05, 4.69) is 20.7 Å². The zero-order valence-corrected chi connectivity index (χ0v) is 10.8. The summed E-state index contributed by atoms with van der Waals surface area (Å²) in [4.78, 5) is 27.6. The van der Waals surface area contributed by atoms with Gasteiger partial charge in [-0.1, -0.05) is 17.7 Å². The number of hydrogen-bond donors (Lipinski definition) is 2. The van der Waals surface area contributed by atoms with Crippen molar-refractivity contribution >= 4 is 23.5 Å². The predicted molar refractivity (Wildman–Crippen MR) is 72.1 cm³/mol. The van der Waals surface area contributed by atoms with Gasteiger partial charge in [-0.15, -0.1) is 0 Å². The summed E-state index contributed by atoms with van der Waals surface area (Å²) in [5.74, 6) is -0.125. The van der Waals surface area contributed by atoms with Gasteiger partial charge in [0.25, 0.3) is 5.91 Å². The van der Waals surface area contributed by atoms with Crippen molar-refractivity contribution in [1.82, 2.24) is 14.8 Å². The number of rotatable bonds is 3. The molecule has 2 amide bonds. The topological polar surface area (TPSA) is 88.9 Å². The molecule has 0 saturated heterocycles.